The van der Waals surface area contributed by atoms with Gasteiger partial charge in [-0.2, -0.15) is 0 Å². The zero-order valence-electron chi connectivity index (χ0n) is 22.4. The van der Waals surface area contributed by atoms with Crippen LogP contribution in [0.2, 0.25) is 0 Å². The molecule has 0 aromatic carbocycles. The van der Waals surface area contributed by atoms with Crippen LogP contribution in [0.15, 0.2) is 34.5 Å². The minimum atomic E-state index is 0. The zero-order valence-corrected chi connectivity index (χ0v) is 27.6. The summed E-state index contributed by atoms with van der Waals surface area (Å²) in [6, 6.07) is 0. The van der Waals surface area contributed by atoms with E-state index in [9.17, 15) is 0 Å². The zero-order chi connectivity index (χ0) is 26.4. The van der Waals surface area contributed by atoms with Gasteiger partial charge in [-0.05, 0) is 167 Å². The minimum absolute atomic E-state index is 0. The van der Waals surface area contributed by atoms with Gasteiger partial charge in [0.25, 0.3) is 0 Å². The molecule has 2 nitrogen and oxygen atoms in total. The largest absolute Gasteiger partial charge is 2.00 e. The molecule has 6 saturated carbocycles. The second-order valence-electron chi connectivity index (χ2n) is 7.99. The summed E-state index contributed by atoms with van der Waals surface area (Å²) in [4.78, 5) is 8.37. The molecule has 0 amide bonds. The number of aliphatic imine (C=N–C) groups is 2. The molecule has 6 aliphatic carbocycles. The van der Waals surface area contributed by atoms with Crippen molar-refractivity contribution in [3.63, 3.8) is 0 Å². The number of hydrogen-bond donors (Lipinski definition) is 0. The number of allylic oxidation sites excluding steroid dienone is 2. The third-order valence-electron chi connectivity index (χ3n) is 5.02. The van der Waals surface area contributed by atoms with E-state index in [2.05, 4.69) is 35.7 Å². The summed E-state index contributed by atoms with van der Waals surface area (Å²) >= 11 is 0. The van der Waals surface area contributed by atoms with Gasteiger partial charge in [0.2, 0.25) is 0 Å². The van der Waals surface area contributed by atoms with Gasteiger partial charge in [-0.15, -0.1) is 0 Å². The Morgan fingerprint density at radius 2 is 0.512 bits per heavy atom. The van der Waals surface area contributed by atoms with E-state index in [1.54, 1.807) is 0 Å². The molecule has 30 radical (unpaired) electrons. The van der Waals surface area contributed by atoms with Crippen LogP contribution in [0.25, 0.3) is 0 Å². The maximum atomic E-state index is 4.18. The fraction of sp³-hybridized carbons (Fsp3) is 0. The minimum Gasteiger partial charge on any atom is -0.269 e. The van der Waals surface area contributed by atoms with Crippen LogP contribution in [0.1, 0.15) is 0 Å². The third kappa shape index (κ3) is 21.9. The van der Waals surface area contributed by atoms with Crippen LogP contribution < -0.4 is 0 Å². The average molecular weight is 796 g/mol. The predicted molar refractivity (Wildman–Crippen MR) is 160 cm³/mol. The summed E-state index contributed by atoms with van der Waals surface area (Å²) in [6.45, 7) is 0. The van der Waals surface area contributed by atoms with Crippen LogP contribution in [0.4, 0.5) is 0 Å². The SMILES string of the molecule is [CH]1[CH][CH][CH][CH]1.[CH]1[CH][CH][CH][CH]1.[CH]1[CH][CH][C](C=N/C=C/[C]2[CH][CH][CH][CH]2)[CH]1.[CH]1[CH][CH][C](C=N/C=C/[C]2[CH][CH][CH][CH]2)[CH]1.[Ru+2].[Ru+2].[Ru+2]. The molecule has 0 unspecified atom stereocenters. The molecule has 6 rings (SSSR count). The van der Waals surface area contributed by atoms with Crippen molar-refractivity contribution in [2.75, 3.05) is 0 Å². The van der Waals surface area contributed by atoms with E-state index in [-0.39, 0.29) is 58.4 Å². The van der Waals surface area contributed by atoms with Crippen LogP contribution >= 0.6 is 0 Å². The Morgan fingerprint density at radius 3 is 0.756 bits per heavy atom. The molecule has 6 fully saturated rings. The summed E-state index contributed by atoms with van der Waals surface area (Å²) in [6.07, 6.45) is 63.7. The number of rotatable bonds is 6. The molecule has 0 heterocycles. The van der Waals surface area contributed by atoms with E-state index in [0.29, 0.717) is 0 Å². The molecule has 0 aromatic rings. The maximum Gasteiger partial charge on any atom is 2.00 e. The first-order chi connectivity index (χ1) is 18.9. The van der Waals surface area contributed by atoms with E-state index in [1.165, 1.54) is 11.8 Å². The first-order valence-corrected chi connectivity index (χ1v) is 12.5. The molecular formula is C36H32N2Ru3+6. The number of hydrogen-bond acceptors (Lipinski definition) is 2. The van der Waals surface area contributed by atoms with Gasteiger partial charge in [0.1, 0.15) is 0 Å². The first kappa shape index (κ1) is 41.7. The fourth-order valence-corrected chi connectivity index (χ4v) is 3.11. The van der Waals surface area contributed by atoms with Gasteiger partial charge in [0.15, 0.2) is 0 Å². The molecule has 0 spiro atoms. The molecule has 6 aliphatic rings. The van der Waals surface area contributed by atoms with Gasteiger partial charge < -0.3 is 0 Å². The van der Waals surface area contributed by atoms with Crippen LogP contribution in [-0.4, -0.2) is 12.4 Å². The Kier molecular flexibility index (Phi) is 29.9. The van der Waals surface area contributed by atoms with Gasteiger partial charge in [0, 0.05) is 48.5 Å². The van der Waals surface area contributed by atoms with Crippen molar-refractivity contribution < 1.29 is 58.4 Å². The van der Waals surface area contributed by atoms with Crippen molar-refractivity contribution in [2.24, 2.45) is 9.98 Å². The molecule has 0 aliphatic heterocycles. The molecule has 41 heavy (non-hydrogen) atoms. The Bertz CT molecular complexity index is 537. The van der Waals surface area contributed by atoms with Crippen molar-refractivity contribution in [1.82, 2.24) is 0 Å². The van der Waals surface area contributed by atoms with Crippen molar-refractivity contribution in [2.45, 2.75) is 0 Å². The smallest absolute Gasteiger partial charge is 0.269 e. The molecule has 0 saturated heterocycles. The standard InChI is InChI=1S/2C13H11N.2C5H5.3Ru/c2*1-2-6-12(5-1)9-10-14-11-13-7-3-4-8-13;2*1-2-4-5-3-1;;;/h2*1-11H;2*1-5H;;;/q;;;;3*+2/b2*10-9+,14-11?;;;;;. The first-order valence-electron chi connectivity index (χ1n) is 12.5. The van der Waals surface area contributed by atoms with Crippen molar-refractivity contribution in [3.05, 3.63) is 215 Å². The summed E-state index contributed by atoms with van der Waals surface area (Å²) in [5.41, 5.74) is 0. The van der Waals surface area contributed by atoms with Gasteiger partial charge in [0.05, 0.1) is 0 Å². The molecular weight excluding hydrogens is 764 g/mol. The van der Waals surface area contributed by atoms with Crippen LogP contribution in [0.5, 0.6) is 0 Å². The quantitative estimate of drug-likeness (QED) is 0.209. The van der Waals surface area contributed by atoms with E-state index < -0.39 is 0 Å². The maximum absolute atomic E-state index is 4.18. The summed E-state index contributed by atoms with van der Waals surface area (Å²) in [5, 5.41) is 0. The summed E-state index contributed by atoms with van der Waals surface area (Å²) < 4.78 is 0. The molecule has 5 heteroatoms. The Hall–Kier alpha value is 0.690. The monoisotopic (exact) mass is 798 g/mol. The van der Waals surface area contributed by atoms with Gasteiger partial charge in [-0.3, -0.25) is 9.98 Å². The van der Waals surface area contributed by atoms with Gasteiger partial charge in [-0.25, -0.2) is 0 Å². The Balaban J connectivity index is 0.000000556. The topological polar surface area (TPSA) is 24.7 Å². The number of nitrogens with zero attached hydrogens (tertiary/aromatic N) is 2. The van der Waals surface area contributed by atoms with Crippen molar-refractivity contribution in [3.8, 4) is 0 Å². The second-order valence-corrected chi connectivity index (χ2v) is 7.99. The third-order valence-corrected chi connectivity index (χ3v) is 5.02. The van der Waals surface area contributed by atoms with E-state index in [0.717, 1.165) is 11.8 Å². The second kappa shape index (κ2) is 29.4. The Labute approximate surface area is 294 Å². The normalized spacial score (nSPS) is 23.6. The summed E-state index contributed by atoms with van der Waals surface area (Å²) in [5.74, 6) is 4.64. The van der Waals surface area contributed by atoms with E-state index in [4.69, 9.17) is 0 Å². The van der Waals surface area contributed by atoms with E-state index in [1.807, 2.05) is 178 Å². The summed E-state index contributed by atoms with van der Waals surface area (Å²) in [7, 11) is 0. The average Bonchev–Trinajstić information content (AvgIpc) is 3.79. The van der Waals surface area contributed by atoms with Gasteiger partial charge in [-0.1, -0.05) is 12.2 Å². The fourth-order valence-electron chi connectivity index (χ4n) is 3.11. The van der Waals surface area contributed by atoms with E-state index >= 15 is 0 Å². The predicted octanol–water partition coefficient (Wildman–Crippen LogP) is 6.80. The molecule has 0 bridgehead atoms. The van der Waals surface area contributed by atoms with Crippen molar-refractivity contribution in [1.29, 1.82) is 0 Å². The molecule has 0 aromatic heterocycles. The van der Waals surface area contributed by atoms with Crippen LogP contribution in [0, 0.1) is 191 Å². The molecule has 0 N–H and O–H groups in total. The van der Waals surface area contributed by atoms with Crippen LogP contribution in [-0.2, 0) is 58.4 Å². The van der Waals surface area contributed by atoms with Gasteiger partial charge >= 0.3 is 58.4 Å². The molecule has 0 atom stereocenters. The van der Waals surface area contributed by atoms with Crippen LogP contribution in [0.3, 0.4) is 0 Å². The molecule has 204 valence electrons. The van der Waals surface area contributed by atoms with Crippen molar-refractivity contribution >= 4 is 12.4 Å². The Morgan fingerprint density at radius 1 is 0.293 bits per heavy atom.